The van der Waals surface area contributed by atoms with E-state index in [-0.39, 0.29) is 11.7 Å². The summed E-state index contributed by atoms with van der Waals surface area (Å²) in [7, 11) is 1.61. The molecule has 1 saturated heterocycles. The second-order valence-corrected chi connectivity index (χ2v) is 4.51. The number of hydrogen-bond donors (Lipinski definition) is 0. The molecule has 1 aromatic rings. The molecule has 1 heterocycles. The molecular weight excluding hydrogens is 216 g/mol. The third-order valence-corrected chi connectivity index (χ3v) is 3.45. The maximum atomic E-state index is 12.3. The Hall–Kier alpha value is -1.35. The molecule has 3 heteroatoms. The zero-order chi connectivity index (χ0) is 12.4. The van der Waals surface area contributed by atoms with Gasteiger partial charge in [-0.3, -0.25) is 4.79 Å². The molecule has 0 saturated carbocycles. The molecule has 0 aliphatic carbocycles. The van der Waals surface area contributed by atoms with Crippen LogP contribution in [0.3, 0.4) is 0 Å². The molecule has 17 heavy (non-hydrogen) atoms. The summed E-state index contributed by atoms with van der Waals surface area (Å²) in [4.78, 5) is 12.3. The SMILES string of the molecule is COc1c(C(=O)C2CCOC2)ccc(C)c1C. The number of ether oxygens (including phenoxy) is 2. The van der Waals surface area contributed by atoms with Gasteiger partial charge in [-0.15, -0.1) is 0 Å². The number of carbonyl (C=O) groups is 1. The van der Waals surface area contributed by atoms with Gasteiger partial charge in [-0.2, -0.15) is 0 Å². The highest BCUT2D eigenvalue weighted by molar-refractivity contribution is 6.01. The van der Waals surface area contributed by atoms with E-state index >= 15 is 0 Å². The lowest BCUT2D eigenvalue weighted by atomic mass is 9.93. The van der Waals surface area contributed by atoms with Crippen LogP contribution >= 0.6 is 0 Å². The lowest BCUT2D eigenvalue weighted by Gasteiger charge is -2.14. The molecule has 1 atom stereocenters. The Balaban J connectivity index is 2.37. The van der Waals surface area contributed by atoms with E-state index in [1.54, 1.807) is 7.11 Å². The summed E-state index contributed by atoms with van der Waals surface area (Å²) < 4.78 is 10.6. The van der Waals surface area contributed by atoms with Crippen molar-refractivity contribution in [3.05, 3.63) is 28.8 Å². The maximum Gasteiger partial charge on any atom is 0.172 e. The van der Waals surface area contributed by atoms with Crippen LogP contribution in [0.5, 0.6) is 5.75 Å². The van der Waals surface area contributed by atoms with Crippen molar-refractivity contribution >= 4 is 5.78 Å². The molecule has 3 nitrogen and oxygen atoms in total. The molecule has 0 spiro atoms. The molecule has 1 aliphatic rings. The summed E-state index contributed by atoms with van der Waals surface area (Å²) in [6, 6.07) is 3.84. The number of carbonyl (C=O) groups excluding carboxylic acids is 1. The predicted molar refractivity (Wildman–Crippen MR) is 65.7 cm³/mol. The zero-order valence-corrected chi connectivity index (χ0v) is 10.6. The van der Waals surface area contributed by atoms with Gasteiger partial charge in [0.2, 0.25) is 0 Å². The molecule has 1 aromatic carbocycles. The summed E-state index contributed by atoms with van der Waals surface area (Å²) in [6.07, 6.45) is 0.814. The van der Waals surface area contributed by atoms with E-state index in [1.165, 1.54) is 0 Å². The largest absolute Gasteiger partial charge is 0.496 e. The average molecular weight is 234 g/mol. The normalized spacial score (nSPS) is 19.4. The second kappa shape index (κ2) is 4.88. The monoisotopic (exact) mass is 234 g/mol. The zero-order valence-electron chi connectivity index (χ0n) is 10.6. The van der Waals surface area contributed by atoms with E-state index in [0.717, 1.165) is 17.5 Å². The van der Waals surface area contributed by atoms with Gasteiger partial charge in [0, 0.05) is 12.5 Å². The maximum absolute atomic E-state index is 12.3. The fraction of sp³-hybridized carbons (Fsp3) is 0.500. The minimum absolute atomic E-state index is 0.00833. The Morgan fingerprint density at radius 1 is 1.41 bits per heavy atom. The molecule has 0 N–H and O–H groups in total. The smallest absolute Gasteiger partial charge is 0.172 e. The number of rotatable bonds is 3. The van der Waals surface area contributed by atoms with Gasteiger partial charge in [-0.25, -0.2) is 0 Å². The fourth-order valence-electron chi connectivity index (χ4n) is 2.21. The number of hydrogen-bond acceptors (Lipinski definition) is 3. The third kappa shape index (κ3) is 2.20. The summed E-state index contributed by atoms with van der Waals surface area (Å²) in [5, 5.41) is 0. The summed E-state index contributed by atoms with van der Waals surface area (Å²) in [6.45, 7) is 5.22. The Morgan fingerprint density at radius 3 is 2.76 bits per heavy atom. The molecule has 1 unspecified atom stereocenters. The second-order valence-electron chi connectivity index (χ2n) is 4.51. The van der Waals surface area contributed by atoms with Gasteiger partial charge in [0.15, 0.2) is 5.78 Å². The van der Waals surface area contributed by atoms with Gasteiger partial charge < -0.3 is 9.47 Å². The van der Waals surface area contributed by atoms with Gasteiger partial charge in [-0.05, 0) is 37.5 Å². The summed E-state index contributed by atoms with van der Waals surface area (Å²) in [5.74, 6) is 0.843. The van der Waals surface area contributed by atoms with Crippen molar-refractivity contribution in [2.45, 2.75) is 20.3 Å². The average Bonchev–Trinajstić information content (AvgIpc) is 2.85. The highest BCUT2D eigenvalue weighted by Gasteiger charge is 2.27. The molecule has 1 fully saturated rings. The first-order valence-corrected chi connectivity index (χ1v) is 5.91. The lowest BCUT2D eigenvalue weighted by molar-refractivity contribution is 0.0897. The van der Waals surface area contributed by atoms with Crippen LogP contribution in [0, 0.1) is 19.8 Å². The topological polar surface area (TPSA) is 35.5 Å². The lowest BCUT2D eigenvalue weighted by Crippen LogP contribution is -2.16. The van der Waals surface area contributed by atoms with Crippen LogP contribution < -0.4 is 4.74 Å². The van der Waals surface area contributed by atoms with Crippen LogP contribution in [0.25, 0.3) is 0 Å². The van der Waals surface area contributed by atoms with Crippen molar-refractivity contribution < 1.29 is 14.3 Å². The van der Waals surface area contributed by atoms with Gasteiger partial charge in [0.25, 0.3) is 0 Å². The van der Waals surface area contributed by atoms with E-state index in [9.17, 15) is 4.79 Å². The van der Waals surface area contributed by atoms with Crippen molar-refractivity contribution in [2.24, 2.45) is 5.92 Å². The van der Waals surface area contributed by atoms with Crippen molar-refractivity contribution in [1.82, 2.24) is 0 Å². The van der Waals surface area contributed by atoms with Crippen LogP contribution in [-0.4, -0.2) is 26.1 Å². The van der Waals surface area contributed by atoms with Gasteiger partial charge in [-0.1, -0.05) is 6.07 Å². The first-order valence-electron chi connectivity index (χ1n) is 5.91. The first kappa shape index (κ1) is 12.1. The highest BCUT2D eigenvalue weighted by atomic mass is 16.5. The summed E-state index contributed by atoms with van der Waals surface area (Å²) >= 11 is 0. The van der Waals surface area contributed by atoms with Crippen molar-refractivity contribution in [3.8, 4) is 5.75 Å². The number of aryl methyl sites for hydroxylation is 1. The molecule has 0 radical (unpaired) electrons. The van der Waals surface area contributed by atoms with Crippen LogP contribution in [0.1, 0.15) is 27.9 Å². The fourth-order valence-corrected chi connectivity index (χ4v) is 2.21. The van der Waals surface area contributed by atoms with Crippen LogP contribution in [0.4, 0.5) is 0 Å². The number of Topliss-reactive ketones (excluding diaryl/α,β-unsaturated/α-hetero) is 1. The Morgan fingerprint density at radius 2 is 2.18 bits per heavy atom. The minimum Gasteiger partial charge on any atom is -0.496 e. The number of methoxy groups -OCH3 is 1. The number of ketones is 1. The molecule has 0 bridgehead atoms. The van der Waals surface area contributed by atoms with E-state index in [1.807, 2.05) is 26.0 Å². The van der Waals surface area contributed by atoms with E-state index in [0.29, 0.717) is 24.5 Å². The quantitative estimate of drug-likeness (QED) is 0.754. The van der Waals surface area contributed by atoms with Crippen LogP contribution in [0.2, 0.25) is 0 Å². The number of benzene rings is 1. The molecule has 92 valence electrons. The van der Waals surface area contributed by atoms with Crippen LogP contribution in [-0.2, 0) is 4.74 Å². The van der Waals surface area contributed by atoms with Gasteiger partial charge >= 0.3 is 0 Å². The molecule has 2 rings (SSSR count). The van der Waals surface area contributed by atoms with Crippen molar-refractivity contribution in [1.29, 1.82) is 0 Å². The molecule has 1 aliphatic heterocycles. The minimum atomic E-state index is -0.00833. The van der Waals surface area contributed by atoms with Crippen molar-refractivity contribution in [2.75, 3.05) is 20.3 Å². The van der Waals surface area contributed by atoms with E-state index in [2.05, 4.69) is 0 Å². The summed E-state index contributed by atoms with van der Waals surface area (Å²) in [5.41, 5.74) is 2.87. The predicted octanol–water partition coefficient (Wildman–Crippen LogP) is 2.53. The highest BCUT2D eigenvalue weighted by Crippen LogP contribution is 2.30. The van der Waals surface area contributed by atoms with E-state index < -0.39 is 0 Å². The Labute approximate surface area is 102 Å². The molecular formula is C14H18O3. The molecule has 0 amide bonds. The van der Waals surface area contributed by atoms with E-state index in [4.69, 9.17) is 9.47 Å². The van der Waals surface area contributed by atoms with Crippen molar-refractivity contribution in [3.63, 3.8) is 0 Å². The standard InChI is InChI=1S/C14H18O3/c1-9-4-5-12(14(16-3)10(9)2)13(15)11-6-7-17-8-11/h4-5,11H,6-8H2,1-3H3. The van der Waals surface area contributed by atoms with Gasteiger partial charge in [0.05, 0.1) is 19.3 Å². The van der Waals surface area contributed by atoms with Crippen LogP contribution in [0.15, 0.2) is 12.1 Å². The third-order valence-electron chi connectivity index (χ3n) is 3.45. The Kier molecular flexibility index (Phi) is 3.48. The Bertz CT molecular complexity index is 431. The first-order chi connectivity index (χ1) is 8.15. The van der Waals surface area contributed by atoms with Gasteiger partial charge in [0.1, 0.15) is 5.75 Å². The molecule has 0 aromatic heterocycles.